The van der Waals surface area contributed by atoms with Gasteiger partial charge in [-0.15, -0.1) is 0 Å². The lowest BCUT2D eigenvalue weighted by Crippen LogP contribution is -2.28. The number of hydrogen-bond acceptors (Lipinski definition) is 0. The second-order valence-corrected chi connectivity index (χ2v) is 8.47. The van der Waals surface area contributed by atoms with Crippen LogP contribution in [-0.4, -0.2) is 5.92 Å². The van der Waals surface area contributed by atoms with Crippen molar-refractivity contribution in [2.24, 2.45) is 23.7 Å². The van der Waals surface area contributed by atoms with Crippen molar-refractivity contribution >= 4 is 0 Å². The maximum Gasteiger partial charge on any atom is 0.248 e. The van der Waals surface area contributed by atoms with Crippen molar-refractivity contribution in [1.82, 2.24) is 0 Å². The highest BCUT2D eigenvalue weighted by Gasteiger charge is 2.35. The normalized spacial score (nSPS) is 32.9. The van der Waals surface area contributed by atoms with E-state index in [4.69, 9.17) is 0 Å². The van der Waals surface area contributed by atoms with Crippen LogP contribution in [0.2, 0.25) is 0 Å². The molecule has 2 aliphatic rings. The van der Waals surface area contributed by atoms with Gasteiger partial charge in [-0.3, -0.25) is 0 Å². The Balaban J connectivity index is 1.65. The predicted molar refractivity (Wildman–Crippen MR) is 94.9 cm³/mol. The smallest absolute Gasteiger partial charge is 0.207 e. The van der Waals surface area contributed by atoms with Gasteiger partial charge in [-0.1, -0.05) is 52.4 Å². The molecule has 2 fully saturated rings. The van der Waals surface area contributed by atoms with Crippen molar-refractivity contribution in [3.63, 3.8) is 0 Å². The molecular weight excluding hydrogens is 290 g/mol. The number of unbranched alkanes of at least 4 members (excludes halogenated alkanes) is 2. The standard InChI is InChI=1S/C21H38F2/c1-3-5-6-7-17-8-12-19(13-9-17)20-14-10-18(11-15-20)16-21(22,23)4-2/h17-20H,3-16H2,1-2H3. The molecular formula is C21H38F2. The van der Waals surface area contributed by atoms with Gasteiger partial charge in [-0.2, -0.15) is 0 Å². The summed E-state index contributed by atoms with van der Waals surface area (Å²) in [6.07, 6.45) is 16.0. The number of hydrogen-bond donors (Lipinski definition) is 0. The summed E-state index contributed by atoms with van der Waals surface area (Å²) in [6.45, 7) is 3.90. The monoisotopic (exact) mass is 328 g/mol. The molecule has 136 valence electrons. The topological polar surface area (TPSA) is 0 Å². The first kappa shape index (κ1) is 19.2. The van der Waals surface area contributed by atoms with Gasteiger partial charge in [0.15, 0.2) is 0 Å². The lowest BCUT2D eigenvalue weighted by Gasteiger charge is -2.38. The third-order valence-corrected chi connectivity index (χ3v) is 6.77. The van der Waals surface area contributed by atoms with Gasteiger partial charge >= 0.3 is 0 Å². The maximum absolute atomic E-state index is 13.6. The molecule has 0 radical (unpaired) electrons. The molecule has 0 aliphatic heterocycles. The van der Waals surface area contributed by atoms with E-state index >= 15 is 0 Å². The van der Waals surface area contributed by atoms with Crippen molar-refractivity contribution in [2.45, 2.75) is 110 Å². The fourth-order valence-electron chi connectivity index (χ4n) is 5.06. The van der Waals surface area contributed by atoms with Crippen LogP contribution in [0.1, 0.15) is 104 Å². The molecule has 2 rings (SSSR count). The molecule has 0 saturated heterocycles. The molecule has 0 heterocycles. The van der Waals surface area contributed by atoms with Crippen LogP contribution >= 0.6 is 0 Å². The second kappa shape index (κ2) is 9.37. The first-order valence-corrected chi connectivity index (χ1v) is 10.4. The SMILES string of the molecule is CCCCCC1CCC(C2CCC(CC(F)(F)CC)CC2)CC1. The molecule has 2 aliphatic carbocycles. The highest BCUT2D eigenvalue weighted by molar-refractivity contribution is 4.83. The van der Waals surface area contributed by atoms with E-state index in [1.807, 2.05) is 0 Å². The van der Waals surface area contributed by atoms with Gasteiger partial charge < -0.3 is 0 Å². The Bertz CT molecular complexity index is 310. The summed E-state index contributed by atoms with van der Waals surface area (Å²) in [5.74, 6) is 0.598. The first-order valence-electron chi connectivity index (χ1n) is 10.4. The fourth-order valence-corrected chi connectivity index (χ4v) is 5.06. The van der Waals surface area contributed by atoms with Crippen molar-refractivity contribution in [1.29, 1.82) is 0 Å². The molecule has 0 spiro atoms. The van der Waals surface area contributed by atoms with E-state index in [0.717, 1.165) is 30.6 Å². The summed E-state index contributed by atoms with van der Waals surface area (Å²) >= 11 is 0. The van der Waals surface area contributed by atoms with Crippen LogP contribution in [0.25, 0.3) is 0 Å². The Hall–Kier alpha value is -0.140. The number of alkyl halides is 2. The van der Waals surface area contributed by atoms with Gasteiger partial charge in [0.25, 0.3) is 0 Å². The molecule has 0 aromatic heterocycles. The zero-order valence-corrected chi connectivity index (χ0v) is 15.5. The molecule has 23 heavy (non-hydrogen) atoms. The number of halogens is 2. The Morgan fingerprint density at radius 1 is 0.739 bits per heavy atom. The summed E-state index contributed by atoms with van der Waals surface area (Å²) in [5.41, 5.74) is 0. The molecule has 0 nitrogen and oxygen atoms in total. The molecule has 0 aromatic carbocycles. The van der Waals surface area contributed by atoms with Crippen molar-refractivity contribution in [2.75, 3.05) is 0 Å². The minimum atomic E-state index is -2.42. The van der Waals surface area contributed by atoms with Crippen LogP contribution < -0.4 is 0 Å². The minimum absolute atomic E-state index is 0.00890. The van der Waals surface area contributed by atoms with E-state index in [0.29, 0.717) is 0 Å². The van der Waals surface area contributed by atoms with E-state index in [1.54, 1.807) is 6.92 Å². The summed E-state index contributed by atoms with van der Waals surface area (Å²) < 4.78 is 27.1. The maximum atomic E-state index is 13.6. The number of rotatable bonds is 8. The quantitative estimate of drug-likeness (QED) is 0.402. The minimum Gasteiger partial charge on any atom is -0.207 e. The van der Waals surface area contributed by atoms with Gasteiger partial charge in [0.1, 0.15) is 0 Å². The molecule has 0 aromatic rings. The Morgan fingerprint density at radius 2 is 1.26 bits per heavy atom. The predicted octanol–water partition coefficient (Wildman–Crippen LogP) is 7.61. The Morgan fingerprint density at radius 3 is 1.74 bits per heavy atom. The fraction of sp³-hybridized carbons (Fsp3) is 1.00. The van der Waals surface area contributed by atoms with E-state index in [1.165, 1.54) is 64.2 Å². The van der Waals surface area contributed by atoms with Crippen LogP contribution in [0, 0.1) is 23.7 Å². The molecule has 2 saturated carbocycles. The molecule has 0 unspecified atom stereocenters. The van der Waals surface area contributed by atoms with Gasteiger partial charge in [-0.05, 0) is 62.2 Å². The molecule has 0 amide bonds. The van der Waals surface area contributed by atoms with E-state index in [2.05, 4.69) is 6.92 Å². The van der Waals surface area contributed by atoms with Crippen molar-refractivity contribution < 1.29 is 8.78 Å². The molecule has 2 heteroatoms. The van der Waals surface area contributed by atoms with Gasteiger partial charge in [0.2, 0.25) is 5.92 Å². The first-order chi connectivity index (χ1) is 11.0. The summed E-state index contributed by atoms with van der Waals surface area (Å²) in [6, 6.07) is 0. The van der Waals surface area contributed by atoms with Crippen molar-refractivity contribution in [3.05, 3.63) is 0 Å². The average Bonchev–Trinajstić information content (AvgIpc) is 2.56. The third-order valence-electron chi connectivity index (χ3n) is 6.77. The van der Waals surface area contributed by atoms with E-state index in [-0.39, 0.29) is 18.8 Å². The van der Waals surface area contributed by atoms with Crippen LogP contribution in [-0.2, 0) is 0 Å². The van der Waals surface area contributed by atoms with Crippen LogP contribution in [0.15, 0.2) is 0 Å². The van der Waals surface area contributed by atoms with E-state index in [9.17, 15) is 8.78 Å². The Kier molecular flexibility index (Phi) is 7.82. The highest BCUT2D eigenvalue weighted by Crippen LogP contribution is 2.44. The third kappa shape index (κ3) is 6.35. The van der Waals surface area contributed by atoms with Gasteiger partial charge in [0.05, 0.1) is 0 Å². The lowest BCUT2D eigenvalue weighted by molar-refractivity contribution is -0.0343. The molecule has 0 atom stereocenters. The highest BCUT2D eigenvalue weighted by atomic mass is 19.3. The summed E-state index contributed by atoms with van der Waals surface area (Å²) in [7, 11) is 0. The van der Waals surface area contributed by atoms with Gasteiger partial charge in [-0.25, -0.2) is 8.78 Å². The summed E-state index contributed by atoms with van der Waals surface area (Å²) in [5, 5.41) is 0. The van der Waals surface area contributed by atoms with Crippen LogP contribution in [0.4, 0.5) is 8.78 Å². The zero-order valence-electron chi connectivity index (χ0n) is 15.5. The molecule has 0 N–H and O–H groups in total. The van der Waals surface area contributed by atoms with Crippen LogP contribution in [0.5, 0.6) is 0 Å². The van der Waals surface area contributed by atoms with Crippen molar-refractivity contribution in [3.8, 4) is 0 Å². The van der Waals surface area contributed by atoms with Gasteiger partial charge in [0, 0.05) is 12.8 Å². The zero-order chi connectivity index (χ0) is 16.7. The second-order valence-electron chi connectivity index (χ2n) is 8.47. The Labute approximate surface area is 142 Å². The van der Waals surface area contributed by atoms with E-state index < -0.39 is 5.92 Å². The van der Waals surface area contributed by atoms with Crippen LogP contribution in [0.3, 0.4) is 0 Å². The molecule has 0 bridgehead atoms. The summed E-state index contributed by atoms with van der Waals surface area (Å²) in [4.78, 5) is 0. The lowest BCUT2D eigenvalue weighted by atomic mass is 9.68. The largest absolute Gasteiger partial charge is 0.248 e. The average molecular weight is 329 g/mol.